The molecule has 0 aliphatic carbocycles. The van der Waals surface area contributed by atoms with Crippen molar-refractivity contribution >= 4 is 17.3 Å². The molecule has 0 radical (unpaired) electrons. The smallest absolute Gasteiger partial charge is 0.328 e. The fraction of sp³-hybridized carbons (Fsp3) is 0.417. The van der Waals surface area contributed by atoms with Crippen LogP contribution < -0.4 is 4.90 Å². The van der Waals surface area contributed by atoms with Gasteiger partial charge in [0.15, 0.2) is 6.04 Å². The van der Waals surface area contributed by atoms with E-state index in [0.29, 0.717) is 18.8 Å². The van der Waals surface area contributed by atoms with Crippen LogP contribution in [0, 0.1) is 17.0 Å². The van der Waals surface area contributed by atoms with Crippen molar-refractivity contribution in [1.82, 2.24) is 0 Å². The van der Waals surface area contributed by atoms with E-state index >= 15 is 0 Å². The van der Waals surface area contributed by atoms with Gasteiger partial charge in [-0.25, -0.2) is 4.79 Å². The van der Waals surface area contributed by atoms with Crippen LogP contribution in [0.2, 0.25) is 0 Å². The fourth-order valence-electron chi connectivity index (χ4n) is 2.12. The Labute approximate surface area is 109 Å². The Morgan fingerprint density at radius 1 is 1.58 bits per heavy atom. The number of aliphatic carboxylic acids is 1. The van der Waals surface area contributed by atoms with E-state index in [2.05, 4.69) is 0 Å². The minimum atomic E-state index is -1.05. The molecule has 0 saturated carbocycles. The standard InChI is InChI=1S/C12H14N2O5/c1-8-2-3-9(10(6-8)14(17)18)13-4-5-19-7-11(13)12(15)16/h2-3,6,11H,4-5,7H2,1H3,(H,15,16). The second-order valence-electron chi connectivity index (χ2n) is 4.37. The summed E-state index contributed by atoms with van der Waals surface area (Å²) >= 11 is 0. The molecular weight excluding hydrogens is 252 g/mol. The summed E-state index contributed by atoms with van der Waals surface area (Å²) in [5, 5.41) is 20.3. The molecule has 0 amide bonds. The van der Waals surface area contributed by atoms with Gasteiger partial charge in [-0.2, -0.15) is 0 Å². The van der Waals surface area contributed by atoms with Crippen LogP contribution in [-0.4, -0.2) is 41.8 Å². The Morgan fingerprint density at radius 2 is 2.32 bits per heavy atom. The summed E-state index contributed by atoms with van der Waals surface area (Å²) in [5.41, 5.74) is 1.01. The molecule has 1 aliphatic rings. The van der Waals surface area contributed by atoms with E-state index in [1.807, 2.05) is 0 Å². The van der Waals surface area contributed by atoms with Gasteiger partial charge >= 0.3 is 5.97 Å². The van der Waals surface area contributed by atoms with Crippen molar-refractivity contribution < 1.29 is 19.6 Å². The number of aryl methyl sites for hydroxylation is 1. The molecule has 1 heterocycles. The van der Waals surface area contributed by atoms with Crippen molar-refractivity contribution in [2.75, 3.05) is 24.7 Å². The number of benzene rings is 1. The van der Waals surface area contributed by atoms with Gasteiger partial charge in [0, 0.05) is 12.6 Å². The first-order valence-electron chi connectivity index (χ1n) is 5.83. The molecule has 0 aromatic heterocycles. The second kappa shape index (κ2) is 5.23. The lowest BCUT2D eigenvalue weighted by atomic mass is 10.1. The van der Waals surface area contributed by atoms with Gasteiger partial charge in [0.05, 0.1) is 18.1 Å². The maximum atomic E-state index is 11.2. The average molecular weight is 266 g/mol. The van der Waals surface area contributed by atoms with Crippen LogP contribution in [0.4, 0.5) is 11.4 Å². The number of rotatable bonds is 3. The van der Waals surface area contributed by atoms with Crippen molar-refractivity contribution in [1.29, 1.82) is 0 Å². The van der Waals surface area contributed by atoms with E-state index in [1.165, 1.54) is 11.0 Å². The first-order valence-corrected chi connectivity index (χ1v) is 5.83. The Kier molecular flexibility index (Phi) is 3.66. The minimum Gasteiger partial charge on any atom is -0.480 e. The van der Waals surface area contributed by atoms with E-state index in [1.54, 1.807) is 19.1 Å². The highest BCUT2D eigenvalue weighted by Gasteiger charge is 2.33. The Morgan fingerprint density at radius 3 is 2.95 bits per heavy atom. The molecule has 19 heavy (non-hydrogen) atoms. The number of anilines is 1. The highest BCUT2D eigenvalue weighted by Crippen LogP contribution is 2.31. The van der Waals surface area contributed by atoms with E-state index in [0.717, 1.165) is 5.56 Å². The lowest BCUT2D eigenvalue weighted by molar-refractivity contribution is -0.384. The molecule has 1 atom stereocenters. The Bertz CT molecular complexity index is 517. The zero-order chi connectivity index (χ0) is 14.0. The van der Waals surface area contributed by atoms with Crippen LogP contribution >= 0.6 is 0 Å². The number of carbonyl (C=O) groups is 1. The molecule has 1 unspecified atom stereocenters. The summed E-state index contributed by atoms with van der Waals surface area (Å²) in [5.74, 6) is -1.05. The van der Waals surface area contributed by atoms with E-state index < -0.39 is 16.9 Å². The third kappa shape index (κ3) is 2.65. The SMILES string of the molecule is Cc1ccc(N2CCOCC2C(=O)O)c([N+](=O)[O-])c1. The maximum absolute atomic E-state index is 11.2. The summed E-state index contributed by atoms with van der Waals surface area (Å²) in [7, 11) is 0. The number of carboxylic acid groups (broad SMARTS) is 1. The minimum absolute atomic E-state index is 0.0281. The Balaban J connectivity index is 2.44. The van der Waals surface area contributed by atoms with Gasteiger partial charge in [0.2, 0.25) is 0 Å². The first-order chi connectivity index (χ1) is 9.00. The highest BCUT2D eigenvalue weighted by molar-refractivity contribution is 5.80. The summed E-state index contributed by atoms with van der Waals surface area (Å²) in [6, 6.07) is 3.88. The summed E-state index contributed by atoms with van der Waals surface area (Å²) in [6.07, 6.45) is 0. The predicted molar refractivity (Wildman–Crippen MR) is 67.4 cm³/mol. The van der Waals surface area contributed by atoms with Crippen LogP contribution in [0.25, 0.3) is 0 Å². The monoisotopic (exact) mass is 266 g/mol. The van der Waals surface area contributed by atoms with Crippen molar-refractivity contribution in [3.8, 4) is 0 Å². The summed E-state index contributed by atoms with van der Waals surface area (Å²) in [6.45, 7) is 2.46. The summed E-state index contributed by atoms with van der Waals surface area (Å²) < 4.78 is 5.13. The predicted octanol–water partition coefficient (Wildman–Crippen LogP) is 1.19. The third-order valence-corrected chi connectivity index (χ3v) is 3.05. The van der Waals surface area contributed by atoms with Gasteiger partial charge in [0.25, 0.3) is 5.69 Å². The zero-order valence-electron chi connectivity index (χ0n) is 10.4. The lowest BCUT2D eigenvalue weighted by Gasteiger charge is -2.34. The van der Waals surface area contributed by atoms with E-state index in [4.69, 9.17) is 9.84 Å². The number of nitro benzene ring substituents is 1. The number of carboxylic acids is 1. The van der Waals surface area contributed by atoms with Gasteiger partial charge in [-0.15, -0.1) is 0 Å². The van der Waals surface area contributed by atoms with Crippen LogP contribution in [-0.2, 0) is 9.53 Å². The number of nitro groups is 1. The van der Waals surface area contributed by atoms with Crippen molar-refractivity contribution in [2.24, 2.45) is 0 Å². The molecule has 1 aromatic carbocycles. The van der Waals surface area contributed by atoms with Crippen LogP contribution in [0.15, 0.2) is 18.2 Å². The van der Waals surface area contributed by atoms with E-state index in [9.17, 15) is 14.9 Å². The summed E-state index contributed by atoms with van der Waals surface area (Å²) in [4.78, 5) is 23.3. The quantitative estimate of drug-likeness (QED) is 0.652. The average Bonchev–Trinajstić information content (AvgIpc) is 2.38. The molecule has 7 nitrogen and oxygen atoms in total. The molecule has 0 spiro atoms. The Hall–Kier alpha value is -2.15. The second-order valence-corrected chi connectivity index (χ2v) is 4.37. The third-order valence-electron chi connectivity index (χ3n) is 3.05. The molecule has 102 valence electrons. The van der Waals surface area contributed by atoms with Crippen LogP contribution in [0.3, 0.4) is 0 Å². The molecule has 2 rings (SSSR count). The number of morpholine rings is 1. The maximum Gasteiger partial charge on any atom is 0.328 e. The molecule has 0 bridgehead atoms. The van der Waals surface area contributed by atoms with Gasteiger partial charge in [-0.3, -0.25) is 10.1 Å². The van der Waals surface area contributed by atoms with Crippen molar-refractivity contribution in [3.63, 3.8) is 0 Å². The first kappa shape index (κ1) is 13.3. The lowest BCUT2D eigenvalue weighted by Crippen LogP contribution is -2.50. The topological polar surface area (TPSA) is 92.9 Å². The molecule has 1 fully saturated rings. The highest BCUT2D eigenvalue weighted by atomic mass is 16.6. The van der Waals surface area contributed by atoms with Crippen molar-refractivity contribution in [3.05, 3.63) is 33.9 Å². The van der Waals surface area contributed by atoms with Crippen molar-refractivity contribution in [2.45, 2.75) is 13.0 Å². The van der Waals surface area contributed by atoms with Gasteiger partial charge < -0.3 is 14.7 Å². The molecular formula is C12H14N2O5. The van der Waals surface area contributed by atoms with Crippen LogP contribution in [0.5, 0.6) is 0 Å². The van der Waals surface area contributed by atoms with Crippen LogP contribution in [0.1, 0.15) is 5.56 Å². The zero-order valence-corrected chi connectivity index (χ0v) is 10.4. The normalized spacial score (nSPS) is 19.2. The van der Waals surface area contributed by atoms with Gasteiger partial charge in [-0.1, -0.05) is 6.07 Å². The molecule has 1 N–H and O–H groups in total. The molecule has 1 aromatic rings. The number of nitrogens with zero attached hydrogens (tertiary/aromatic N) is 2. The van der Waals surface area contributed by atoms with Gasteiger partial charge in [-0.05, 0) is 18.6 Å². The number of ether oxygens (including phenoxy) is 1. The molecule has 1 saturated heterocycles. The number of hydrogen-bond donors (Lipinski definition) is 1. The largest absolute Gasteiger partial charge is 0.480 e. The number of hydrogen-bond acceptors (Lipinski definition) is 5. The fourth-order valence-corrected chi connectivity index (χ4v) is 2.12. The molecule has 1 aliphatic heterocycles. The van der Waals surface area contributed by atoms with Gasteiger partial charge in [0.1, 0.15) is 5.69 Å². The van der Waals surface area contributed by atoms with E-state index in [-0.39, 0.29) is 12.3 Å². The molecule has 7 heteroatoms.